The summed E-state index contributed by atoms with van der Waals surface area (Å²) in [5.74, 6) is -0.385. The monoisotopic (exact) mass is 334 g/mol. The molecule has 0 spiro atoms. The summed E-state index contributed by atoms with van der Waals surface area (Å²) in [6, 6.07) is 0.174. The molecule has 0 aromatic carbocycles. The minimum atomic E-state index is -3.94. The lowest BCUT2D eigenvalue weighted by molar-refractivity contribution is -0.383. The fraction of sp³-hybridized carbons (Fsp3) is 0.500. The second-order valence-corrected chi connectivity index (χ2v) is 7.54. The van der Waals surface area contributed by atoms with Gasteiger partial charge in [0.15, 0.2) is 5.00 Å². The van der Waals surface area contributed by atoms with Crippen molar-refractivity contribution in [3.05, 3.63) is 16.2 Å². The Kier molecular flexibility index (Phi) is 4.16. The Morgan fingerprint density at radius 2 is 2.24 bits per heavy atom. The van der Waals surface area contributed by atoms with Crippen LogP contribution in [0.15, 0.2) is 10.3 Å². The highest BCUT2D eigenvalue weighted by Crippen LogP contribution is 2.38. The van der Waals surface area contributed by atoms with Crippen molar-refractivity contribution in [1.82, 2.24) is 9.62 Å². The number of amides is 1. The fourth-order valence-corrected chi connectivity index (χ4v) is 5.01. The summed E-state index contributed by atoms with van der Waals surface area (Å²) in [4.78, 5) is 21.9. The van der Waals surface area contributed by atoms with Gasteiger partial charge in [-0.3, -0.25) is 14.9 Å². The van der Waals surface area contributed by atoms with E-state index < -0.39 is 21.0 Å². The summed E-state index contributed by atoms with van der Waals surface area (Å²) in [5.41, 5.74) is -0.296. The second kappa shape index (κ2) is 5.58. The molecular weight excluding hydrogens is 320 g/mol. The van der Waals surface area contributed by atoms with Crippen LogP contribution in [0, 0.1) is 10.1 Å². The van der Waals surface area contributed by atoms with E-state index in [9.17, 15) is 23.3 Å². The number of anilines is 1. The van der Waals surface area contributed by atoms with Crippen LogP contribution in [0.3, 0.4) is 0 Å². The van der Waals surface area contributed by atoms with Gasteiger partial charge in [-0.2, -0.15) is 4.31 Å². The Morgan fingerprint density at radius 3 is 2.76 bits per heavy atom. The molecule has 1 amide bonds. The van der Waals surface area contributed by atoms with E-state index in [0.717, 1.165) is 21.7 Å². The zero-order valence-electron chi connectivity index (χ0n) is 11.3. The molecule has 1 atom stereocenters. The first-order valence-corrected chi connectivity index (χ1v) is 8.30. The highest BCUT2D eigenvalue weighted by atomic mass is 32.2. The highest BCUT2D eigenvalue weighted by Gasteiger charge is 2.38. The number of sulfonamides is 1. The van der Waals surface area contributed by atoms with Gasteiger partial charge in [-0.05, 0) is 6.92 Å². The molecule has 0 bridgehead atoms. The van der Waals surface area contributed by atoms with Crippen LogP contribution in [0.1, 0.15) is 6.92 Å². The summed E-state index contributed by atoms with van der Waals surface area (Å²) < 4.78 is 26.0. The van der Waals surface area contributed by atoms with Crippen LogP contribution in [0.4, 0.5) is 10.7 Å². The number of rotatable bonds is 4. The van der Waals surface area contributed by atoms with Crippen LogP contribution in [0.25, 0.3) is 0 Å². The number of nitrogens with zero attached hydrogens (tertiary/aromatic N) is 2. The summed E-state index contributed by atoms with van der Waals surface area (Å²) in [6.07, 6.45) is 0. The number of carbonyl (C=O) groups excluding carboxylic acids is 1. The first-order valence-electron chi connectivity index (χ1n) is 6.04. The Labute approximate surface area is 125 Å². The van der Waals surface area contributed by atoms with Gasteiger partial charge in [0.25, 0.3) is 10.0 Å². The molecule has 1 saturated heterocycles. The molecule has 11 heteroatoms. The van der Waals surface area contributed by atoms with Crippen LogP contribution in [0.5, 0.6) is 0 Å². The molecule has 0 aliphatic carbocycles. The van der Waals surface area contributed by atoms with Crippen LogP contribution < -0.4 is 10.6 Å². The van der Waals surface area contributed by atoms with Gasteiger partial charge in [0.05, 0.1) is 4.92 Å². The Bertz CT molecular complexity index is 684. The van der Waals surface area contributed by atoms with E-state index in [4.69, 9.17) is 0 Å². The highest BCUT2D eigenvalue weighted by molar-refractivity contribution is 7.91. The van der Waals surface area contributed by atoms with Gasteiger partial charge in [-0.1, -0.05) is 11.3 Å². The lowest BCUT2D eigenvalue weighted by Crippen LogP contribution is -2.55. The van der Waals surface area contributed by atoms with E-state index in [0.29, 0.717) is 0 Å². The van der Waals surface area contributed by atoms with Gasteiger partial charge in [-0.25, -0.2) is 8.42 Å². The predicted molar refractivity (Wildman–Crippen MR) is 76.9 cm³/mol. The molecular formula is C10H14N4O5S2. The van der Waals surface area contributed by atoms with E-state index in [1.165, 1.54) is 14.0 Å². The quantitative estimate of drug-likeness (QED) is 0.599. The first-order chi connectivity index (χ1) is 9.78. The Balaban J connectivity index is 2.44. The van der Waals surface area contributed by atoms with Crippen LogP contribution in [-0.4, -0.2) is 49.7 Å². The Hall–Kier alpha value is -1.72. The lowest BCUT2D eigenvalue weighted by Gasteiger charge is -2.31. The molecule has 0 saturated carbocycles. The minimum Gasteiger partial charge on any atom is -0.374 e. The van der Waals surface area contributed by atoms with Crippen LogP contribution >= 0.6 is 11.3 Å². The molecule has 1 aromatic heterocycles. The van der Waals surface area contributed by atoms with E-state index in [1.807, 2.05) is 0 Å². The number of thiophene rings is 1. The summed E-state index contributed by atoms with van der Waals surface area (Å²) in [7, 11) is -2.46. The molecule has 0 radical (unpaired) electrons. The molecule has 2 rings (SSSR count). The number of hydrogen-bond donors (Lipinski definition) is 2. The van der Waals surface area contributed by atoms with Crippen LogP contribution in [-0.2, 0) is 14.8 Å². The van der Waals surface area contributed by atoms with Crippen molar-refractivity contribution in [1.29, 1.82) is 0 Å². The lowest BCUT2D eigenvalue weighted by atomic mass is 10.2. The number of carbonyl (C=O) groups is 1. The zero-order chi connectivity index (χ0) is 15.8. The third kappa shape index (κ3) is 2.71. The van der Waals surface area contributed by atoms with E-state index in [1.54, 1.807) is 0 Å². The molecule has 21 heavy (non-hydrogen) atoms. The smallest absolute Gasteiger partial charge is 0.304 e. The Morgan fingerprint density at radius 1 is 1.57 bits per heavy atom. The van der Waals surface area contributed by atoms with Crippen molar-refractivity contribution in [3.8, 4) is 0 Å². The average Bonchev–Trinajstić information content (AvgIpc) is 2.86. The van der Waals surface area contributed by atoms with Crippen molar-refractivity contribution in [2.75, 3.05) is 25.5 Å². The van der Waals surface area contributed by atoms with Gasteiger partial charge in [0.1, 0.15) is 10.3 Å². The van der Waals surface area contributed by atoms with Crippen molar-refractivity contribution < 1.29 is 18.1 Å². The number of nitrogens with one attached hydrogen (secondary N) is 2. The molecule has 1 unspecified atom stereocenters. The normalized spacial score (nSPS) is 20.1. The van der Waals surface area contributed by atoms with E-state index in [-0.39, 0.29) is 33.9 Å². The van der Waals surface area contributed by atoms with Crippen molar-refractivity contribution in [2.24, 2.45) is 0 Å². The van der Waals surface area contributed by atoms with Crippen molar-refractivity contribution in [3.63, 3.8) is 0 Å². The molecule has 116 valence electrons. The molecule has 1 aromatic rings. The first kappa shape index (κ1) is 15.7. The topological polar surface area (TPSA) is 122 Å². The number of hydrogen-bond acceptors (Lipinski definition) is 7. The maximum Gasteiger partial charge on any atom is 0.304 e. The number of nitro groups is 1. The SMILES string of the molecule is CNc1sc(S(=O)(=O)N2CCNC(=O)C2C)cc1[N+](=O)[O-]. The largest absolute Gasteiger partial charge is 0.374 e. The standard InChI is InChI=1S/C10H14N4O5S2/c1-6-9(15)12-3-4-13(6)21(18,19)8-5-7(14(16)17)10(11-2)20-8/h5-6,11H,3-4H2,1-2H3,(H,12,15). The van der Waals surface area contributed by atoms with Gasteiger partial charge in [-0.15, -0.1) is 0 Å². The summed E-state index contributed by atoms with van der Waals surface area (Å²) >= 11 is 0.778. The third-order valence-corrected chi connectivity index (χ3v) is 6.68. The maximum atomic E-state index is 12.6. The second-order valence-electron chi connectivity index (χ2n) is 4.37. The zero-order valence-corrected chi connectivity index (χ0v) is 13.0. The minimum absolute atomic E-state index is 0.135. The van der Waals surface area contributed by atoms with E-state index in [2.05, 4.69) is 10.6 Å². The average molecular weight is 334 g/mol. The van der Waals surface area contributed by atoms with Crippen molar-refractivity contribution in [2.45, 2.75) is 17.2 Å². The molecule has 2 N–H and O–H groups in total. The molecule has 2 heterocycles. The van der Waals surface area contributed by atoms with Crippen LogP contribution in [0.2, 0.25) is 0 Å². The molecule has 1 aliphatic rings. The maximum absolute atomic E-state index is 12.6. The molecule has 9 nitrogen and oxygen atoms in total. The van der Waals surface area contributed by atoms with Gasteiger partial charge in [0.2, 0.25) is 5.91 Å². The fourth-order valence-electron chi connectivity index (χ4n) is 2.01. The number of piperazine rings is 1. The van der Waals surface area contributed by atoms with Gasteiger partial charge >= 0.3 is 5.69 Å². The molecule has 1 aliphatic heterocycles. The van der Waals surface area contributed by atoms with Crippen molar-refractivity contribution >= 4 is 38.0 Å². The predicted octanol–water partition coefficient (Wildman–Crippen LogP) is 0.207. The molecule has 1 fully saturated rings. The third-order valence-electron chi connectivity index (χ3n) is 3.12. The van der Waals surface area contributed by atoms with Gasteiger partial charge < -0.3 is 10.6 Å². The summed E-state index contributed by atoms with van der Waals surface area (Å²) in [6.45, 7) is 1.83. The van der Waals surface area contributed by atoms with E-state index >= 15 is 0 Å². The summed E-state index contributed by atoms with van der Waals surface area (Å²) in [5, 5.41) is 16.2. The van der Waals surface area contributed by atoms with Gasteiger partial charge in [0, 0.05) is 26.2 Å².